The number of rotatable bonds is 9. The molecule has 1 heterocycles. The topological polar surface area (TPSA) is 75.5 Å². The minimum absolute atomic E-state index is 0.244. The van der Waals surface area contributed by atoms with Gasteiger partial charge in [0.15, 0.2) is 5.69 Å². The number of carbonyl (C=O) groups excluding carboxylic acids is 1. The Kier molecular flexibility index (Phi) is 7.17. The molecule has 0 aliphatic carbocycles. The number of ether oxygens (including phenoxy) is 3. The highest BCUT2D eigenvalue weighted by Crippen LogP contribution is 2.08. The van der Waals surface area contributed by atoms with E-state index in [4.69, 9.17) is 14.2 Å². The molecule has 0 N–H and O–H groups in total. The van der Waals surface area contributed by atoms with E-state index >= 15 is 0 Å². The molecule has 1 aromatic heterocycles. The molecule has 0 amide bonds. The highest BCUT2D eigenvalue weighted by atomic mass is 16.5. The van der Waals surface area contributed by atoms with Crippen molar-refractivity contribution in [1.82, 2.24) is 15.0 Å². The zero-order valence-corrected chi connectivity index (χ0v) is 12.6. The number of hydrogen-bond acceptors (Lipinski definition) is 6. The third-order valence-corrected chi connectivity index (χ3v) is 2.66. The fourth-order valence-electron chi connectivity index (χ4n) is 1.68. The molecule has 7 heteroatoms. The van der Waals surface area contributed by atoms with Crippen molar-refractivity contribution in [2.75, 3.05) is 34.0 Å². The molecule has 0 fully saturated rings. The van der Waals surface area contributed by atoms with Crippen LogP contribution >= 0.6 is 0 Å². The fraction of sp³-hybridized carbons (Fsp3) is 0.769. The van der Waals surface area contributed by atoms with Crippen molar-refractivity contribution in [3.8, 4) is 0 Å². The predicted molar refractivity (Wildman–Crippen MR) is 72.6 cm³/mol. The number of esters is 1. The summed E-state index contributed by atoms with van der Waals surface area (Å²) < 4.78 is 16.9. The maximum absolute atomic E-state index is 11.6. The quantitative estimate of drug-likeness (QED) is 0.496. The molecule has 1 aromatic rings. The van der Waals surface area contributed by atoms with Gasteiger partial charge in [-0.15, -0.1) is 5.10 Å². The summed E-state index contributed by atoms with van der Waals surface area (Å²) in [6.07, 6.45) is 0.554. The third-order valence-electron chi connectivity index (χ3n) is 2.66. The second-order valence-electron chi connectivity index (χ2n) is 4.81. The van der Waals surface area contributed by atoms with Crippen molar-refractivity contribution < 1.29 is 19.0 Å². The van der Waals surface area contributed by atoms with Crippen LogP contribution in [-0.2, 0) is 27.2 Å². The molecule has 0 spiro atoms. The van der Waals surface area contributed by atoms with Gasteiger partial charge in [-0.1, -0.05) is 19.1 Å². The SMILES string of the molecule is COCCc1c(C(=O)OC)nnn1CCOCC(C)C. The summed E-state index contributed by atoms with van der Waals surface area (Å²) in [5, 5.41) is 7.87. The predicted octanol–water partition coefficient (Wildman–Crippen LogP) is 0.926. The van der Waals surface area contributed by atoms with Gasteiger partial charge in [-0.05, 0) is 5.92 Å². The molecule has 0 saturated carbocycles. The van der Waals surface area contributed by atoms with Gasteiger partial charge >= 0.3 is 5.97 Å². The first-order valence-electron chi connectivity index (χ1n) is 6.67. The van der Waals surface area contributed by atoms with Crippen molar-refractivity contribution in [3.05, 3.63) is 11.4 Å². The van der Waals surface area contributed by atoms with E-state index in [9.17, 15) is 4.79 Å². The van der Waals surface area contributed by atoms with Crippen LogP contribution in [0.25, 0.3) is 0 Å². The Morgan fingerprint density at radius 2 is 2.05 bits per heavy atom. The fourth-order valence-corrected chi connectivity index (χ4v) is 1.68. The molecule has 0 unspecified atom stereocenters. The van der Waals surface area contributed by atoms with E-state index in [1.807, 2.05) is 0 Å². The summed E-state index contributed by atoms with van der Waals surface area (Å²) in [5.74, 6) is 0.00907. The molecule has 0 saturated heterocycles. The Hall–Kier alpha value is -1.47. The summed E-state index contributed by atoms with van der Waals surface area (Å²) in [7, 11) is 2.94. The molecule has 0 aliphatic rings. The minimum Gasteiger partial charge on any atom is -0.464 e. The standard InChI is InChI=1S/C13H23N3O4/c1-10(2)9-20-8-6-16-11(5-7-18-3)12(14-15-16)13(17)19-4/h10H,5-9H2,1-4H3. The van der Waals surface area contributed by atoms with E-state index in [-0.39, 0.29) is 5.69 Å². The minimum atomic E-state index is -0.481. The average molecular weight is 285 g/mol. The number of carbonyl (C=O) groups is 1. The monoisotopic (exact) mass is 285 g/mol. The van der Waals surface area contributed by atoms with Crippen molar-refractivity contribution in [1.29, 1.82) is 0 Å². The Labute approximate surface area is 119 Å². The van der Waals surface area contributed by atoms with Gasteiger partial charge in [0.2, 0.25) is 0 Å². The molecule has 7 nitrogen and oxygen atoms in total. The molecule has 1 rings (SSSR count). The van der Waals surface area contributed by atoms with Crippen LogP contribution in [0.3, 0.4) is 0 Å². The van der Waals surface area contributed by atoms with Crippen LogP contribution in [0.4, 0.5) is 0 Å². The van der Waals surface area contributed by atoms with Gasteiger partial charge in [0.25, 0.3) is 0 Å². The van der Waals surface area contributed by atoms with E-state index in [1.165, 1.54) is 7.11 Å². The van der Waals surface area contributed by atoms with Gasteiger partial charge in [-0.3, -0.25) is 0 Å². The number of aromatic nitrogens is 3. The summed E-state index contributed by atoms with van der Waals surface area (Å²) in [5.41, 5.74) is 0.959. The highest BCUT2D eigenvalue weighted by molar-refractivity contribution is 5.88. The lowest BCUT2D eigenvalue weighted by Crippen LogP contribution is -2.15. The highest BCUT2D eigenvalue weighted by Gasteiger charge is 2.19. The normalized spacial score (nSPS) is 11.1. The summed E-state index contributed by atoms with van der Waals surface area (Å²) in [6, 6.07) is 0. The molecule has 0 aliphatic heterocycles. The molecular formula is C13H23N3O4. The first-order chi connectivity index (χ1) is 9.60. The average Bonchev–Trinajstić information content (AvgIpc) is 2.83. The van der Waals surface area contributed by atoms with E-state index < -0.39 is 5.97 Å². The summed E-state index contributed by atoms with van der Waals surface area (Å²) in [6.45, 7) is 6.46. The smallest absolute Gasteiger partial charge is 0.360 e. The molecule has 0 atom stereocenters. The van der Waals surface area contributed by atoms with Crippen LogP contribution in [0.2, 0.25) is 0 Å². The van der Waals surface area contributed by atoms with Crippen LogP contribution in [-0.4, -0.2) is 55.0 Å². The Bertz CT molecular complexity index is 418. The van der Waals surface area contributed by atoms with Gasteiger partial charge in [0.1, 0.15) is 0 Å². The zero-order chi connectivity index (χ0) is 15.0. The van der Waals surface area contributed by atoms with Gasteiger partial charge in [-0.2, -0.15) is 0 Å². The van der Waals surface area contributed by atoms with E-state index in [0.29, 0.717) is 44.4 Å². The molecule has 0 bridgehead atoms. The van der Waals surface area contributed by atoms with Gasteiger partial charge < -0.3 is 14.2 Å². The van der Waals surface area contributed by atoms with Crippen molar-refractivity contribution in [2.24, 2.45) is 5.92 Å². The molecule has 20 heavy (non-hydrogen) atoms. The van der Waals surface area contributed by atoms with Crippen molar-refractivity contribution in [3.63, 3.8) is 0 Å². The molecule has 0 radical (unpaired) electrons. The Balaban J connectivity index is 2.68. The number of methoxy groups -OCH3 is 2. The molecule has 114 valence electrons. The first-order valence-corrected chi connectivity index (χ1v) is 6.67. The largest absolute Gasteiger partial charge is 0.464 e. The maximum Gasteiger partial charge on any atom is 0.360 e. The first kappa shape index (κ1) is 16.6. The van der Waals surface area contributed by atoms with Gasteiger partial charge in [0.05, 0.1) is 32.6 Å². The Morgan fingerprint density at radius 3 is 2.65 bits per heavy atom. The Morgan fingerprint density at radius 1 is 1.30 bits per heavy atom. The van der Waals surface area contributed by atoms with Crippen molar-refractivity contribution in [2.45, 2.75) is 26.8 Å². The van der Waals surface area contributed by atoms with E-state index in [2.05, 4.69) is 24.2 Å². The lowest BCUT2D eigenvalue weighted by Gasteiger charge is -2.09. The van der Waals surface area contributed by atoms with Crippen LogP contribution in [0.1, 0.15) is 30.0 Å². The summed E-state index contributed by atoms with van der Waals surface area (Å²) in [4.78, 5) is 11.6. The molecule has 0 aromatic carbocycles. The second kappa shape index (κ2) is 8.65. The van der Waals surface area contributed by atoms with Crippen LogP contribution in [0, 0.1) is 5.92 Å². The van der Waals surface area contributed by atoms with Crippen molar-refractivity contribution >= 4 is 5.97 Å². The maximum atomic E-state index is 11.6. The molecular weight excluding hydrogens is 262 g/mol. The van der Waals surface area contributed by atoms with Gasteiger partial charge in [0, 0.05) is 20.1 Å². The third kappa shape index (κ3) is 4.90. The number of hydrogen-bond donors (Lipinski definition) is 0. The number of nitrogens with zero attached hydrogens (tertiary/aromatic N) is 3. The lowest BCUT2D eigenvalue weighted by atomic mass is 10.2. The second-order valence-corrected chi connectivity index (χ2v) is 4.81. The lowest BCUT2D eigenvalue weighted by molar-refractivity contribution is 0.0591. The summed E-state index contributed by atoms with van der Waals surface area (Å²) >= 11 is 0. The zero-order valence-electron chi connectivity index (χ0n) is 12.6. The van der Waals surface area contributed by atoms with Crippen LogP contribution in [0.5, 0.6) is 0 Å². The van der Waals surface area contributed by atoms with E-state index in [0.717, 1.165) is 0 Å². The van der Waals surface area contributed by atoms with E-state index in [1.54, 1.807) is 11.8 Å². The van der Waals surface area contributed by atoms with Gasteiger partial charge in [-0.25, -0.2) is 9.48 Å². The van der Waals surface area contributed by atoms with Crippen LogP contribution < -0.4 is 0 Å². The van der Waals surface area contributed by atoms with Crippen LogP contribution in [0.15, 0.2) is 0 Å².